The van der Waals surface area contributed by atoms with Crippen molar-refractivity contribution >= 4 is 16.8 Å². The van der Waals surface area contributed by atoms with Crippen LogP contribution in [0.1, 0.15) is 25.7 Å². The second-order valence-electron chi connectivity index (χ2n) is 3.05. The molecule has 84 valence electrons. The first-order valence-electron chi connectivity index (χ1n) is 4.72. The molecule has 5 heteroatoms. The summed E-state index contributed by atoms with van der Waals surface area (Å²) in [5, 5.41) is 8.36. The fourth-order valence-corrected chi connectivity index (χ4v) is 2.18. The lowest BCUT2D eigenvalue weighted by atomic mass is 10.3. The number of hydrogen-bond donors (Lipinski definition) is 1. The minimum atomic E-state index is -0.809. The highest BCUT2D eigenvalue weighted by molar-refractivity contribution is 7.84. The number of ether oxygens (including phenoxy) is 1. The number of hydrogen-bond acceptors (Lipinski definition) is 3. The summed E-state index contributed by atoms with van der Waals surface area (Å²) < 4.78 is 16.1. The van der Waals surface area contributed by atoms with Gasteiger partial charge in [-0.25, -0.2) is 0 Å². The summed E-state index contributed by atoms with van der Waals surface area (Å²) in [5.74, 6) is 0.480. The van der Waals surface area contributed by atoms with Gasteiger partial charge in [0.1, 0.15) is 0 Å². The van der Waals surface area contributed by atoms with Crippen LogP contribution < -0.4 is 0 Å². The lowest BCUT2D eigenvalue weighted by molar-refractivity contribution is -0.137. The summed E-state index contributed by atoms with van der Waals surface area (Å²) in [6.07, 6.45) is 2.33. The van der Waals surface area contributed by atoms with Crippen molar-refractivity contribution < 1.29 is 18.8 Å². The Balaban J connectivity index is 3.22. The molecule has 0 radical (unpaired) electrons. The maximum atomic E-state index is 11.3. The quantitative estimate of drug-likeness (QED) is 0.592. The lowest BCUT2D eigenvalue weighted by Gasteiger charge is -2.00. The number of rotatable bonds is 9. The number of aliphatic carboxylic acids is 1. The van der Waals surface area contributed by atoms with E-state index in [1.165, 1.54) is 0 Å². The van der Waals surface area contributed by atoms with E-state index in [4.69, 9.17) is 9.84 Å². The first-order valence-corrected chi connectivity index (χ1v) is 6.21. The van der Waals surface area contributed by atoms with Gasteiger partial charge < -0.3 is 9.84 Å². The zero-order valence-electron chi connectivity index (χ0n) is 8.53. The fourth-order valence-electron chi connectivity index (χ4n) is 1.01. The standard InChI is InChI=1S/C9H18O4S/c1-13-6-4-8-14(12)7-3-2-5-9(10)11/h2-8H2,1H3,(H,10,11). The Morgan fingerprint density at radius 1 is 1.29 bits per heavy atom. The van der Waals surface area contributed by atoms with Crippen LogP contribution in [0.15, 0.2) is 0 Å². The van der Waals surface area contributed by atoms with Crippen molar-refractivity contribution in [3.8, 4) is 0 Å². The van der Waals surface area contributed by atoms with Crippen LogP contribution in [0.3, 0.4) is 0 Å². The fraction of sp³-hybridized carbons (Fsp3) is 0.889. The molecule has 0 saturated heterocycles. The Kier molecular flexibility index (Phi) is 8.87. The van der Waals surface area contributed by atoms with E-state index in [9.17, 15) is 9.00 Å². The molecule has 0 rings (SSSR count). The molecule has 0 fully saturated rings. The van der Waals surface area contributed by atoms with Crippen molar-refractivity contribution in [2.75, 3.05) is 25.2 Å². The highest BCUT2D eigenvalue weighted by Gasteiger charge is 2.01. The second-order valence-corrected chi connectivity index (χ2v) is 4.74. The highest BCUT2D eigenvalue weighted by Crippen LogP contribution is 1.99. The van der Waals surface area contributed by atoms with E-state index < -0.39 is 16.8 Å². The van der Waals surface area contributed by atoms with Crippen molar-refractivity contribution in [3.63, 3.8) is 0 Å². The van der Waals surface area contributed by atoms with Gasteiger partial charge >= 0.3 is 5.97 Å². The minimum absolute atomic E-state index is 0.176. The van der Waals surface area contributed by atoms with E-state index >= 15 is 0 Å². The topological polar surface area (TPSA) is 63.6 Å². The van der Waals surface area contributed by atoms with Crippen molar-refractivity contribution in [2.24, 2.45) is 0 Å². The molecule has 0 aliphatic carbocycles. The normalized spacial score (nSPS) is 12.6. The summed E-state index contributed by atoms with van der Waals surface area (Å²) in [5.41, 5.74) is 0. The molecule has 0 spiro atoms. The summed E-state index contributed by atoms with van der Waals surface area (Å²) in [4.78, 5) is 10.2. The number of carboxylic acids is 1. The molecule has 0 heterocycles. The van der Waals surface area contributed by atoms with Gasteiger partial charge in [-0.2, -0.15) is 0 Å². The number of unbranched alkanes of at least 4 members (excludes halogenated alkanes) is 1. The van der Waals surface area contributed by atoms with Gasteiger partial charge in [-0.1, -0.05) is 0 Å². The molecule has 0 saturated carbocycles. The van der Waals surface area contributed by atoms with Gasteiger partial charge in [0, 0.05) is 42.4 Å². The molecule has 14 heavy (non-hydrogen) atoms. The van der Waals surface area contributed by atoms with Crippen LogP contribution in [-0.2, 0) is 20.3 Å². The predicted molar refractivity (Wildman–Crippen MR) is 55.9 cm³/mol. The van der Waals surface area contributed by atoms with Crippen LogP contribution in [0.25, 0.3) is 0 Å². The Morgan fingerprint density at radius 2 is 1.93 bits per heavy atom. The second kappa shape index (κ2) is 9.15. The summed E-state index contributed by atoms with van der Waals surface area (Å²) in [6.45, 7) is 0.640. The monoisotopic (exact) mass is 222 g/mol. The zero-order valence-corrected chi connectivity index (χ0v) is 9.35. The van der Waals surface area contributed by atoms with Crippen LogP contribution in [-0.4, -0.2) is 40.5 Å². The first-order chi connectivity index (χ1) is 6.66. The van der Waals surface area contributed by atoms with Crippen LogP contribution in [0.5, 0.6) is 0 Å². The van der Waals surface area contributed by atoms with E-state index in [1.807, 2.05) is 0 Å². The molecule has 0 bridgehead atoms. The molecule has 0 aliphatic heterocycles. The Hall–Kier alpha value is -0.420. The molecule has 0 aliphatic rings. The van der Waals surface area contributed by atoms with Gasteiger partial charge in [0.2, 0.25) is 0 Å². The van der Waals surface area contributed by atoms with Crippen LogP contribution in [0.4, 0.5) is 0 Å². The average Bonchev–Trinajstić information content (AvgIpc) is 2.13. The summed E-state index contributed by atoms with van der Waals surface area (Å²) in [6, 6.07) is 0. The number of methoxy groups -OCH3 is 1. The third-order valence-electron chi connectivity index (χ3n) is 1.73. The van der Waals surface area contributed by atoms with E-state index in [0.717, 1.165) is 12.8 Å². The van der Waals surface area contributed by atoms with Crippen LogP contribution in [0, 0.1) is 0 Å². The molecule has 0 aromatic carbocycles. The molecule has 0 aromatic heterocycles. The lowest BCUT2D eigenvalue weighted by Crippen LogP contribution is -2.06. The Morgan fingerprint density at radius 3 is 2.50 bits per heavy atom. The third kappa shape index (κ3) is 9.67. The SMILES string of the molecule is COCCCS(=O)CCCCC(=O)O. The van der Waals surface area contributed by atoms with Crippen LogP contribution >= 0.6 is 0 Å². The molecule has 1 unspecified atom stereocenters. The molecular formula is C9H18O4S. The first kappa shape index (κ1) is 13.6. The third-order valence-corrected chi connectivity index (χ3v) is 3.22. The van der Waals surface area contributed by atoms with Crippen molar-refractivity contribution in [1.82, 2.24) is 0 Å². The zero-order chi connectivity index (χ0) is 10.8. The largest absolute Gasteiger partial charge is 0.481 e. The van der Waals surface area contributed by atoms with Crippen molar-refractivity contribution in [2.45, 2.75) is 25.7 Å². The van der Waals surface area contributed by atoms with Gasteiger partial charge in [0.25, 0.3) is 0 Å². The number of carbonyl (C=O) groups is 1. The van der Waals surface area contributed by atoms with E-state index in [0.29, 0.717) is 24.5 Å². The Bertz CT molecular complexity index is 182. The minimum Gasteiger partial charge on any atom is -0.481 e. The van der Waals surface area contributed by atoms with Crippen molar-refractivity contribution in [3.05, 3.63) is 0 Å². The molecule has 0 amide bonds. The van der Waals surface area contributed by atoms with Crippen molar-refractivity contribution in [1.29, 1.82) is 0 Å². The van der Waals surface area contributed by atoms with Gasteiger partial charge in [-0.3, -0.25) is 9.00 Å². The molecule has 0 aromatic rings. The van der Waals surface area contributed by atoms with Gasteiger partial charge in [-0.05, 0) is 19.3 Å². The smallest absolute Gasteiger partial charge is 0.303 e. The molecule has 4 nitrogen and oxygen atoms in total. The van der Waals surface area contributed by atoms with E-state index in [-0.39, 0.29) is 6.42 Å². The molecular weight excluding hydrogens is 204 g/mol. The summed E-state index contributed by atoms with van der Waals surface area (Å²) >= 11 is 0. The van der Waals surface area contributed by atoms with Gasteiger partial charge in [-0.15, -0.1) is 0 Å². The van der Waals surface area contributed by atoms with E-state index in [2.05, 4.69) is 0 Å². The summed E-state index contributed by atoms with van der Waals surface area (Å²) in [7, 11) is 0.812. The molecule has 1 N–H and O–H groups in total. The van der Waals surface area contributed by atoms with Crippen LogP contribution in [0.2, 0.25) is 0 Å². The maximum absolute atomic E-state index is 11.3. The number of carboxylic acid groups (broad SMARTS) is 1. The predicted octanol–water partition coefficient (Wildman–Crippen LogP) is 1.03. The maximum Gasteiger partial charge on any atom is 0.303 e. The highest BCUT2D eigenvalue weighted by atomic mass is 32.2. The average molecular weight is 222 g/mol. The van der Waals surface area contributed by atoms with Gasteiger partial charge in [0.15, 0.2) is 0 Å². The Labute approximate surface area is 87.1 Å². The molecule has 1 atom stereocenters. The van der Waals surface area contributed by atoms with E-state index in [1.54, 1.807) is 7.11 Å². The van der Waals surface area contributed by atoms with Gasteiger partial charge in [0.05, 0.1) is 0 Å².